The quantitative estimate of drug-likeness (QED) is 0.460. The van der Waals surface area contributed by atoms with Gasteiger partial charge in [-0.25, -0.2) is 4.98 Å². The molecule has 0 atom stereocenters. The molecule has 1 aliphatic heterocycles. The van der Waals surface area contributed by atoms with E-state index < -0.39 is 0 Å². The number of benzene rings is 1. The molecule has 3 heterocycles. The monoisotopic (exact) mass is 443 g/mol. The Hall–Kier alpha value is -2.08. The van der Waals surface area contributed by atoms with Gasteiger partial charge in [0.2, 0.25) is 0 Å². The highest BCUT2D eigenvalue weighted by Crippen LogP contribution is 2.46. The molecule has 1 saturated heterocycles. The Morgan fingerprint density at radius 2 is 1.77 bits per heavy atom. The number of anilines is 1. The fourth-order valence-electron chi connectivity index (χ4n) is 4.04. The normalized spacial score (nSPS) is 17.5. The van der Waals surface area contributed by atoms with Crippen molar-refractivity contribution in [3.8, 4) is 11.3 Å². The number of piperidine rings is 1. The first-order valence-corrected chi connectivity index (χ1v) is 11.2. The van der Waals surface area contributed by atoms with E-state index in [1.165, 1.54) is 0 Å². The topological polar surface area (TPSA) is 51.4 Å². The number of ether oxygens (including phenoxy) is 1. The number of hydrogen-bond acceptors (Lipinski definition) is 5. The molecular formula is C23H23Cl2N3O2. The first kappa shape index (κ1) is 19.9. The fourth-order valence-corrected chi connectivity index (χ4v) is 4.62. The molecule has 0 bridgehead atoms. The van der Waals surface area contributed by atoms with Crippen LogP contribution in [0.4, 0.5) is 5.82 Å². The molecule has 156 valence electrons. The predicted molar refractivity (Wildman–Crippen MR) is 118 cm³/mol. The third kappa shape index (κ3) is 4.07. The smallest absolute Gasteiger partial charge is 0.145 e. The zero-order chi connectivity index (χ0) is 20.5. The summed E-state index contributed by atoms with van der Waals surface area (Å²) in [6.07, 6.45) is 6.21. The van der Waals surface area contributed by atoms with Gasteiger partial charge in [0, 0.05) is 36.3 Å². The van der Waals surface area contributed by atoms with Gasteiger partial charge in [0.25, 0.3) is 0 Å². The summed E-state index contributed by atoms with van der Waals surface area (Å²) in [5.74, 6) is 2.38. The van der Waals surface area contributed by atoms with Crippen molar-refractivity contribution in [2.75, 3.05) is 18.0 Å². The molecule has 1 aliphatic carbocycles. The van der Waals surface area contributed by atoms with Crippen LogP contribution in [0.3, 0.4) is 0 Å². The second-order valence-electron chi connectivity index (χ2n) is 7.93. The van der Waals surface area contributed by atoms with Crippen molar-refractivity contribution >= 4 is 29.0 Å². The summed E-state index contributed by atoms with van der Waals surface area (Å²) in [4.78, 5) is 6.76. The largest absolute Gasteiger partial charge is 0.373 e. The van der Waals surface area contributed by atoms with Gasteiger partial charge in [0.15, 0.2) is 0 Å². The van der Waals surface area contributed by atoms with Crippen LogP contribution in [-0.2, 0) is 11.3 Å². The molecule has 2 aliphatic rings. The van der Waals surface area contributed by atoms with E-state index in [1.807, 2.05) is 36.5 Å². The maximum absolute atomic E-state index is 6.45. The standard InChI is InChI=1S/C23H23Cl2N3O2/c24-18-4-3-5-19(25)21(18)22-17(23(30-27-22)15-7-8-15)14-29-16-9-12-28(13-10-16)20-6-1-2-11-26-20/h1-6,11,15-16H,7-10,12-14H2. The van der Waals surface area contributed by atoms with Gasteiger partial charge in [-0.1, -0.05) is 40.5 Å². The molecule has 30 heavy (non-hydrogen) atoms. The van der Waals surface area contributed by atoms with E-state index in [0.29, 0.717) is 28.3 Å². The second kappa shape index (κ2) is 8.58. The van der Waals surface area contributed by atoms with Gasteiger partial charge in [-0.05, 0) is 49.9 Å². The van der Waals surface area contributed by atoms with E-state index >= 15 is 0 Å². The second-order valence-corrected chi connectivity index (χ2v) is 8.74. The van der Waals surface area contributed by atoms with E-state index in [0.717, 1.165) is 61.5 Å². The highest BCUT2D eigenvalue weighted by Gasteiger charge is 2.34. The van der Waals surface area contributed by atoms with Crippen LogP contribution in [0.15, 0.2) is 47.1 Å². The molecule has 1 saturated carbocycles. The molecule has 0 amide bonds. The Morgan fingerprint density at radius 1 is 1.00 bits per heavy atom. The Balaban J connectivity index is 1.30. The maximum Gasteiger partial charge on any atom is 0.145 e. The lowest BCUT2D eigenvalue weighted by atomic mass is 10.0. The van der Waals surface area contributed by atoms with Crippen LogP contribution in [0.25, 0.3) is 11.3 Å². The van der Waals surface area contributed by atoms with Crippen LogP contribution in [0, 0.1) is 0 Å². The molecule has 3 aromatic rings. The number of rotatable bonds is 6. The Bertz CT molecular complexity index is 992. The molecule has 2 aromatic heterocycles. The first-order chi connectivity index (χ1) is 14.7. The Kier molecular flexibility index (Phi) is 5.68. The molecule has 7 heteroatoms. The highest BCUT2D eigenvalue weighted by atomic mass is 35.5. The van der Waals surface area contributed by atoms with Gasteiger partial charge in [-0.15, -0.1) is 0 Å². The summed E-state index contributed by atoms with van der Waals surface area (Å²) in [7, 11) is 0. The van der Waals surface area contributed by atoms with Gasteiger partial charge in [-0.3, -0.25) is 0 Å². The molecule has 1 aromatic carbocycles. The Morgan fingerprint density at radius 3 is 2.43 bits per heavy atom. The first-order valence-electron chi connectivity index (χ1n) is 10.4. The van der Waals surface area contributed by atoms with E-state index in [1.54, 1.807) is 0 Å². The zero-order valence-corrected chi connectivity index (χ0v) is 18.1. The van der Waals surface area contributed by atoms with Crippen LogP contribution in [-0.4, -0.2) is 29.3 Å². The molecule has 0 N–H and O–H groups in total. The average Bonchev–Trinajstić information content (AvgIpc) is 3.54. The predicted octanol–water partition coefficient (Wildman–Crippen LogP) is 6.11. The molecule has 5 nitrogen and oxygen atoms in total. The lowest BCUT2D eigenvalue weighted by Crippen LogP contribution is -2.37. The number of pyridine rings is 1. The van der Waals surface area contributed by atoms with E-state index in [9.17, 15) is 0 Å². The van der Waals surface area contributed by atoms with E-state index in [2.05, 4.69) is 21.1 Å². The van der Waals surface area contributed by atoms with Crippen LogP contribution >= 0.6 is 23.2 Å². The lowest BCUT2D eigenvalue weighted by Gasteiger charge is -2.32. The molecule has 0 unspecified atom stereocenters. The van der Waals surface area contributed by atoms with Crippen molar-refractivity contribution in [3.63, 3.8) is 0 Å². The fraction of sp³-hybridized carbons (Fsp3) is 0.391. The number of hydrogen-bond donors (Lipinski definition) is 0. The summed E-state index contributed by atoms with van der Waals surface area (Å²) >= 11 is 12.9. The SMILES string of the molecule is Clc1cccc(Cl)c1-c1noc(C2CC2)c1COC1CCN(c2ccccn2)CC1. The highest BCUT2D eigenvalue weighted by molar-refractivity contribution is 6.39. The van der Waals surface area contributed by atoms with Gasteiger partial charge >= 0.3 is 0 Å². The molecule has 0 spiro atoms. The molecular weight excluding hydrogens is 421 g/mol. The van der Waals surface area contributed by atoms with Crippen molar-refractivity contribution < 1.29 is 9.26 Å². The summed E-state index contributed by atoms with van der Waals surface area (Å²) in [5.41, 5.74) is 2.41. The van der Waals surface area contributed by atoms with Crippen LogP contribution in [0.2, 0.25) is 10.0 Å². The van der Waals surface area contributed by atoms with Gasteiger partial charge in [0.05, 0.1) is 22.8 Å². The maximum atomic E-state index is 6.45. The van der Waals surface area contributed by atoms with Crippen molar-refractivity contribution in [2.24, 2.45) is 0 Å². The van der Waals surface area contributed by atoms with Crippen molar-refractivity contribution in [1.29, 1.82) is 0 Å². The summed E-state index contributed by atoms with van der Waals surface area (Å²) in [6.45, 7) is 2.33. The number of halogens is 2. The average molecular weight is 444 g/mol. The van der Waals surface area contributed by atoms with Crippen molar-refractivity contribution in [2.45, 2.75) is 44.3 Å². The van der Waals surface area contributed by atoms with Gasteiger partial charge in [-0.2, -0.15) is 0 Å². The number of aromatic nitrogens is 2. The molecule has 2 fully saturated rings. The van der Waals surface area contributed by atoms with Crippen LogP contribution in [0.1, 0.15) is 42.9 Å². The summed E-state index contributed by atoms with van der Waals surface area (Å²) in [6, 6.07) is 11.5. The number of nitrogens with zero attached hydrogens (tertiary/aromatic N) is 3. The minimum absolute atomic E-state index is 0.196. The lowest BCUT2D eigenvalue weighted by molar-refractivity contribution is 0.0245. The minimum Gasteiger partial charge on any atom is -0.373 e. The third-order valence-electron chi connectivity index (χ3n) is 5.84. The van der Waals surface area contributed by atoms with Crippen molar-refractivity contribution in [1.82, 2.24) is 10.1 Å². The zero-order valence-electron chi connectivity index (χ0n) is 16.6. The van der Waals surface area contributed by atoms with Gasteiger partial charge < -0.3 is 14.2 Å². The van der Waals surface area contributed by atoms with Crippen LogP contribution in [0.5, 0.6) is 0 Å². The molecule has 0 radical (unpaired) electrons. The van der Waals surface area contributed by atoms with E-state index in [4.69, 9.17) is 32.5 Å². The summed E-state index contributed by atoms with van der Waals surface area (Å²) in [5, 5.41) is 5.49. The summed E-state index contributed by atoms with van der Waals surface area (Å²) < 4.78 is 12.1. The molecule has 5 rings (SSSR count). The van der Waals surface area contributed by atoms with Gasteiger partial charge in [0.1, 0.15) is 17.3 Å². The van der Waals surface area contributed by atoms with E-state index in [-0.39, 0.29) is 6.10 Å². The minimum atomic E-state index is 0.196. The third-order valence-corrected chi connectivity index (χ3v) is 6.47. The Labute approximate surface area is 185 Å². The van der Waals surface area contributed by atoms with Crippen LogP contribution < -0.4 is 4.90 Å². The van der Waals surface area contributed by atoms with Crippen molar-refractivity contribution in [3.05, 3.63) is 64.0 Å².